The fourth-order valence-electron chi connectivity index (χ4n) is 5.04. The van der Waals surface area contributed by atoms with Crippen molar-refractivity contribution in [2.45, 2.75) is 38.1 Å². The number of aryl methyl sites for hydroxylation is 1. The minimum absolute atomic E-state index is 0.0726. The number of morpholine rings is 1. The number of benzene rings is 2. The molecule has 2 fully saturated rings. The van der Waals surface area contributed by atoms with Crippen LogP contribution in [0.1, 0.15) is 35.8 Å². The van der Waals surface area contributed by atoms with Crippen LogP contribution in [0.5, 0.6) is 0 Å². The molecular formula is C27H30N4O4. The lowest BCUT2D eigenvalue weighted by atomic mass is 10.0. The molecule has 0 bridgehead atoms. The van der Waals surface area contributed by atoms with Crippen LogP contribution >= 0.6 is 0 Å². The maximum absolute atomic E-state index is 13.3. The summed E-state index contributed by atoms with van der Waals surface area (Å²) in [5.74, 6) is 0.564. The van der Waals surface area contributed by atoms with Crippen LogP contribution in [0.4, 0.5) is 0 Å². The third kappa shape index (κ3) is 5.27. The van der Waals surface area contributed by atoms with Gasteiger partial charge in [-0.2, -0.15) is 4.98 Å². The molecule has 35 heavy (non-hydrogen) atoms. The second-order valence-electron chi connectivity index (χ2n) is 9.31. The van der Waals surface area contributed by atoms with E-state index in [1.807, 2.05) is 66.4 Å². The van der Waals surface area contributed by atoms with E-state index in [0.717, 1.165) is 16.7 Å². The summed E-state index contributed by atoms with van der Waals surface area (Å²) < 4.78 is 11.1. The average Bonchev–Trinajstić information content (AvgIpc) is 3.54. The number of ether oxygens (including phenoxy) is 1. The lowest BCUT2D eigenvalue weighted by Crippen LogP contribution is -2.43. The van der Waals surface area contributed by atoms with E-state index in [-0.39, 0.29) is 36.1 Å². The van der Waals surface area contributed by atoms with Crippen LogP contribution in [0.15, 0.2) is 59.1 Å². The molecule has 1 aliphatic carbocycles. The second-order valence-corrected chi connectivity index (χ2v) is 9.31. The second kappa shape index (κ2) is 10.4. The van der Waals surface area contributed by atoms with Crippen molar-refractivity contribution in [3.8, 4) is 11.4 Å². The molecule has 1 saturated carbocycles. The Kier molecular flexibility index (Phi) is 6.90. The minimum atomic E-state index is -0.259. The van der Waals surface area contributed by atoms with E-state index in [2.05, 4.69) is 15.5 Å². The van der Waals surface area contributed by atoms with Crippen molar-refractivity contribution in [1.29, 1.82) is 0 Å². The van der Waals surface area contributed by atoms with Gasteiger partial charge in [-0.1, -0.05) is 59.8 Å². The van der Waals surface area contributed by atoms with Crippen LogP contribution < -0.4 is 5.32 Å². The Hall–Kier alpha value is -3.52. The Morgan fingerprint density at radius 3 is 2.54 bits per heavy atom. The molecule has 2 aromatic carbocycles. The van der Waals surface area contributed by atoms with Crippen molar-refractivity contribution in [1.82, 2.24) is 20.4 Å². The van der Waals surface area contributed by atoms with Gasteiger partial charge in [0, 0.05) is 30.6 Å². The van der Waals surface area contributed by atoms with E-state index in [0.29, 0.717) is 50.9 Å². The highest BCUT2D eigenvalue weighted by Crippen LogP contribution is 2.39. The first-order chi connectivity index (χ1) is 17.1. The summed E-state index contributed by atoms with van der Waals surface area (Å²) in [6, 6.07) is 17.2. The zero-order valence-corrected chi connectivity index (χ0v) is 19.9. The van der Waals surface area contributed by atoms with E-state index in [1.54, 1.807) is 0 Å². The minimum Gasteiger partial charge on any atom is -0.378 e. The van der Waals surface area contributed by atoms with Gasteiger partial charge in [0.2, 0.25) is 23.5 Å². The van der Waals surface area contributed by atoms with Gasteiger partial charge in [0.25, 0.3) is 0 Å². The summed E-state index contributed by atoms with van der Waals surface area (Å²) in [6.07, 6.45) is 1.39. The summed E-state index contributed by atoms with van der Waals surface area (Å²) in [4.78, 5) is 32.8. The molecule has 5 rings (SSSR count). The van der Waals surface area contributed by atoms with Crippen LogP contribution in [0, 0.1) is 12.8 Å². The van der Waals surface area contributed by atoms with E-state index >= 15 is 0 Å². The highest BCUT2D eigenvalue weighted by atomic mass is 16.5. The summed E-state index contributed by atoms with van der Waals surface area (Å²) in [5.41, 5.74) is 2.93. The number of rotatable bonds is 6. The van der Waals surface area contributed by atoms with Gasteiger partial charge in [0.05, 0.1) is 25.6 Å². The van der Waals surface area contributed by atoms with Crippen molar-refractivity contribution in [3.63, 3.8) is 0 Å². The molecule has 8 nitrogen and oxygen atoms in total. The quantitative estimate of drug-likeness (QED) is 0.590. The van der Waals surface area contributed by atoms with E-state index < -0.39 is 0 Å². The molecule has 2 aliphatic rings. The van der Waals surface area contributed by atoms with E-state index in [1.165, 1.54) is 0 Å². The number of carbonyl (C=O) groups excluding carboxylic acids is 2. The van der Waals surface area contributed by atoms with Gasteiger partial charge in [-0.25, -0.2) is 0 Å². The van der Waals surface area contributed by atoms with E-state index in [9.17, 15) is 9.59 Å². The predicted molar refractivity (Wildman–Crippen MR) is 129 cm³/mol. The molecule has 1 saturated heterocycles. The SMILES string of the molecule is Cc1ccccc1CC(=O)N[C@H]1C[C@H](C(=O)N2CCOCC2)C[C@H]1c1nc(-c2ccccc2)no1. The monoisotopic (exact) mass is 474 g/mol. The first kappa shape index (κ1) is 23.2. The Balaban J connectivity index is 1.35. The van der Waals surface area contributed by atoms with Crippen molar-refractivity contribution in [2.24, 2.45) is 5.92 Å². The van der Waals surface area contributed by atoms with Crippen molar-refractivity contribution in [3.05, 3.63) is 71.6 Å². The molecule has 182 valence electrons. The zero-order valence-electron chi connectivity index (χ0n) is 19.9. The standard InChI is InChI=1S/C27H30N4O4/c1-18-7-5-6-10-20(18)17-24(32)28-23-16-21(27(33)31-11-13-34-14-12-31)15-22(23)26-29-25(30-35-26)19-8-3-2-4-9-19/h2-10,21-23H,11-17H2,1H3,(H,28,32)/t21-,22-,23+/m1/s1. The van der Waals surface area contributed by atoms with Crippen LogP contribution in [0.2, 0.25) is 0 Å². The molecule has 2 amide bonds. The third-order valence-corrected chi connectivity index (χ3v) is 6.98. The molecule has 0 spiro atoms. The fraction of sp³-hybridized carbons (Fsp3) is 0.407. The summed E-state index contributed by atoms with van der Waals surface area (Å²) >= 11 is 0. The number of hydrogen-bond donors (Lipinski definition) is 1. The summed E-state index contributed by atoms with van der Waals surface area (Å²) in [5, 5.41) is 7.35. The predicted octanol–water partition coefficient (Wildman–Crippen LogP) is 3.12. The molecule has 2 heterocycles. The Morgan fingerprint density at radius 1 is 1.03 bits per heavy atom. The Labute approximate surface area is 204 Å². The Bertz CT molecular complexity index is 1170. The van der Waals surface area contributed by atoms with Crippen molar-refractivity contribution in [2.75, 3.05) is 26.3 Å². The number of amides is 2. The molecule has 0 unspecified atom stereocenters. The summed E-state index contributed by atoms with van der Waals surface area (Å²) in [7, 11) is 0. The Morgan fingerprint density at radius 2 is 1.77 bits per heavy atom. The van der Waals surface area contributed by atoms with Gasteiger partial charge in [-0.15, -0.1) is 0 Å². The first-order valence-electron chi connectivity index (χ1n) is 12.2. The molecule has 1 aliphatic heterocycles. The van der Waals surface area contributed by atoms with Crippen LogP contribution in [-0.4, -0.2) is 59.2 Å². The molecule has 3 atom stereocenters. The van der Waals surface area contributed by atoms with Crippen LogP contribution in [0.25, 0.3) is 11.4 Å². The molecular weight excluding hydrogens is 444 g/mol. The molecule has 0 radical (unpaired) electrons. The lowest BCUT2D eigenvalue weighted by molar-refractivity contribution is -0.139. The van der Waals surface area contributed by atoms with Gasteiger partial charge < -0.3 is 19.5 Å². The van der Waals surface area contributed by atoms with Crippen LogP contribution in [-0.2, 0) is 20.7 Å². The highest BCUT2D eigenvalue weighted by Gasteiger charge is 2.43. The van der Waals surface area contributed by atoms with Crippen molar-refractivity contribution >= 4 is 11.8 Å². The number of nitrogens with one attached hydrogen (secondary N) is 1. The number of nitrogens with zero attached hydrogens (tertiary/aromatic N) is 3. The smallest absolute Gasteiger partial charge is 0.232 e. The molecule has 1 N–H and O–H groups in total. The van der Waals surface area contributed by atoms with E-state index in [4.69, 9.17) is 9.26 Å². The summed E-state index contributed by atoms with van der Waals surface area (Å²) in [6.45, 7) is 4.32. The first-order valence-corrected chi connectivity index (χ1v) is 12.2. The van der Waals surface area contributed by atoms with Gasteiger partial charge in [0.1, 0.15) is 0 Å². The normalized spacial score (nSPS) is 22.2. The zero-order chi connectivity index (χ0) is 24.2. The molecule has 1 aromatic heterocycles. The number of carbonyl (C=O) groups is 2. The largest absolute Gasteiger partial charge is 0.378 e. The number of aromatic nitrogens is 2. The molecule has 3 aromatic rings. The maximum Gasteiger partial charge on any atom is 0.232 e. The maximum atomic E-state index is 13.3. The third-order valence-electron chi connectivity index (χ3n) is 6.98. The topological polar surface area (TPSA) is 97.6 Å². The fourth-order valence-corrected chi connectivity index (χ4v) is 5.04. The average molecular weight is 475 g/mol. The van der Waals surface area contributed by atoms with Gasteiger partial charge >= 0.3 is 0 Å². The molecule has 8 heteroatoms. The van der Waals surface area contributed by atoms with Gasteiger partial charge in [-0.3, -0.25) is 9.59 Å². The lowest BCUT2D eigenvalue weighted by Gasteiger charge is -2.29. The van der Waals surface area contributed by atoms with Gasteiger partial charge in [-0.05, 0) is 30.9 Å². The van der Waals surface area contributed by atoms with Crippen molar-refractivity contribution < 1.29 is 18.8 Å². The highest BCUT2D eigenvalue weighted by molar-refractivity contribution is 5.81. The van der Waals surface area contributed by atoms with Gasteiger partial charge in [0.15, 0.2) is 0 Å². The van der Waals surface area contributed by atoms with Crippen LogP contribution in [0.3, 0.4) is 0 Å². The number of hydrogen-bond acceptors (Lipinski definition) is 6.